The summed E-state index contributed by atoms with van der Waals surface area (Å²) in [5, 5.41) is 9.03. The monoisotopic (exact) mass is 284 g/mol. The van der Waals surface area contributed by atoms with Crippen LogP contribution in [0.5, 0.6) is 5.75 Å². The topological polar surface area (TPSA) is 55.1 Å². The van der Waals surface area contributed by atoms with Crippen LogP contribution >= 0.6 is 15.9 Å². The van der Waals surface area contributed by atoms with E-state index in [-0.39, 0.29) is 6.79 Å². The number of halogens is 1. The second-order valence-corrected chi connectivity index (χ2v) is 4.61. The zero-order chi connectivity index (χ0) is 12.2. The molecule has 0 spiro atoms. The molecule has 0 radical (unpaired) electrons. The quantitative estimate of drug-likeness (QED) is 0.630. The van der Waals surface area contributed by atoms with Crippen LogP contribution in [0.15, 0.2) is 16.7 Å². The van der Waals surface area contributed by atoms with Crippen molar-refractivity contribution in [3.63, 3.8) is 0 Å². The average Bonchev–Trinajstić information content (AvgIpc) is 2.25. The molecule has 0 aromatic carbocycles. The fraction of sp³-hybridized carbons (Fsp3) is 0.455. The molecule has 4 nitrogen and oxygen atoms in total. The molecule has 0 saturated carbocycles. The van der Waals surface area contributed by atoms with Crippen molar-refractivity contribution in [1.29, 1.82) is 5.26 Å². The zero-order valence-electron chi connectivity index (χ0n) is 9.45. The second kappa shape index (κ2) is 5.28. The minimum absolute atomic E-state index is 0.170. The third-order valence-electron chi connectivity index (χ3n) is 2.03. The van der Waals surface area contributed by atoms with Crippen molar-refractivity contribution < 1.29 is 9.47 Å². The Morgan fingerprint density at radius 3 is 2.75 bits per heavy atom. The van der Waals surface area contributed by atoms with E-state index in [0.29, 0.717) is 16.0 Å². The largest absolute Gasteiger partial charge is 0.467 e. The molecule has 5 heteroatoms. The lowest BCUT2D eigenvalue weighted by Crippen LogP contribution is -2.16. The van der Waals surface area contributed by atoms with E-state index in [1.165, 1.54) is 0 Å². The van der Waals surface area contributed by atoms with Gasteiger partial charge >= 0.3 is 0 Å². The van der Waals surface area contributed by atoms with Crippen LogP contribution in [-0.2, 0) is 10.2 Å². The molecule has 0 aliphatic carbocycles. The summed E-state index contributed by atoms with van der Waals surface area (Å²) < 4.78 is 10.8. The normalized spacial score (nSPS) is 10.9. The fourth-order valence-electron chi connectivity index (χ4n) is 1.06. The van der Waals surface area contributed by atoms with Crippen molar-refractivity contribution in [3.8, 4) is 11.8 Å². The Hall–Kier alpha value is -1.12. The molecule has 0 aliphatic rings. The van der Waals surface area contributed by atoms with Crippen LogP contribution in [0, 0.1) is 11.3 Å². The molecule has 16 heavy (non-hydrogen) atoms. The van der Waals surface area contributed by atoms with Gasteiger partial charge in [-0.1, -0.05) is 0 Å². The molecule has 0 atom stereocenters. The molecule has 0 saturated heterocycles. The van der Waals surface area contributed by atoms with Gasteiger partial charge in [0, 0.05) is 19.2 Å². The van der Waals surface area contributed by atoms with Gasteiger partial charge in [-0.15, -0.1) is 0 Å². The number of methoxy groups -OCH3 is 1. The second-order valence-electron chi connectivity index (χ2n) is 3.80. The van der Waals surface area contributed by atoms with E-state index in [1.807, 2.05) is 13.8 Å². The molecule has 1 heterocycles. The van der Waals surface area contributed by atoms with Gasteiger partial charge in [0.25, 0.3) is 0 Å². The van der Waals surface area contributed by atoms with Gasteiger partial charge in [0.1, 0.15) is 10.4 Å². The highest BCUT2D eigenvalue weighted by molar-refractivity contribution is 9.10. The molecule has 1 rings (SSSR count). The van der Waals surface area contributed by atoms with E-state index in [4.69, 9.17) is 14.7 Å². The Morgan fingerprint density at radius 1 is 1.50 bits per heavy atom. The Labute approximate surface area is 103 Å². The van der Waals surface area contributed by atoms with Gasteiger partial charge in [-0.3, -0.25) is 0 Å². The number of nitriles is 1. The lowest BCUT2D eigenvalue weighted by Gasteiger charge is -2.16. The van der Waals surface area contributed by atoms with Gasteiger partial charge < -0.3 is 9.47 Å². The highest BCUT2D eigenvalue weighted by Crippen LogP contribution is 2.26. The standard InChI is InChI=1S/C11H13BrN2O2/c1-11(2,6-13)9-4-8(16-7-15-3)5-10(12)14-9/h4-5H,7H2,1-3H3. The van der Waals surface area contributed by atoms with Crippen LogP contribution in [0.4, 0.5) is 0 Å². The van der Waals surface area contributed by atoms with Crippen molar-refractivity contribution in [1.82, 2.24) is 4.98 Å². The predicted octanol–water partition coefficient (Wildman–Crippen LogP) is 2.63. The highest BCUT2D eigenvalue weighted by atomic mass is 79.9. The third-order valence-corrected chi connectivity index (χ3v) is 2.44. The minimum Gasteiger partial charge on any atom is -0.467 e. The molecule has 0 unspecified atom stereocenters. The highest BCUT2D eigenvalue weighted by Gasteiger charge is 2.22. The first-order chi connectivity index (χ1) is 7.49. The number of hydrogen-bond donors (Lipinski definition) is 0. The van der Waals surface area contributed by atoms with Gasteiger partial charge in [0.2, 0.25) is 0 Å². The first kappa shape index (κ1) is 12.9. The maximum absolute atomic E-state index is 9.03. The number of hydrogen-bond acceptors (Lipinski definition) is 4. The van der Waals surface area contributed by atoms with Crippen molar-refractivity contribution >= 4 is 15.9 Å². The zero-order valence-corrected chi connectivity index (χ0v) is 11.0. The van der Waals surface area contributed by atoms with Gasteiger partial charge in [0.05, 0.1) is 17.2 Å². The lowest BCUT2D eigenvalue weighted by atomic mass is 9.91. The molecule has 0 fully saturated rings. The molecule has 1 aromatic heterocycles. The number of rotatable bonds is 4. The summed E-state index contributed by atoms with van der Waals surface area (Å²) in [5.41, 5.74) is 0.0186. The predicted molar refractivity (Wildman–Crippen MR) is 63.1 cm³/mol. The Balaban J connectivity index is 3.04. The van der Waals surface area contributed by atoms with E-state index in [2.05, 4.69) is 27.0 Å². The van der Waals surface area contributed by atoms with Crippen LogP contribution in [-0.4, -0.2) is 18.9 Å². The van der Waals surface area contributed by atoms with E-state index < -0.39 is 5.41 Å². The molecular formula is C11H13BrN2O2. The van der Waals surface area contributed by atoms with E-state index >= 15 is 0 Å². The van der Waals surface area contributed by atoms with Crippen molar-refractivity contribution in [2.24, 2.45) is 0 Å². The van der Waals surface area contributed by atoms with Gasteiger partial charge in [0.15, 0.2) is 6.79 Å². The summed E-state index contributed by atoms with van der Waals surface area (Å²) in [5.74, 6) is 0.627. The summed E-state index contributed by atoms with van der Waals surface area (Å²) in [7, 11) is 1.55. The Bertz CT molecular complexity index is 413. The van der Waals surface area contributed by atoms with Crippen molar-refractivity contribution in [2.45, 2.75) is 19.3 Å². The fourth-order valence-corrected chi connectivity index (χ4v) is 1.48. The van der Waals surface area contributed by atoms with Crippen LogP contribution in [0.25, 0.3) is 0 Å². The lowest BCUT2D eigenvalue weighted by molar-refractivity contribution is 0.0509. The molecular weight excluding hydrogens is 272 g/mol. The van der Waals surface area contributed by atoms with E-state index in [9.17, 15) is 0 Å². The molecule has 0 amide bonds. The molecule has 1 aromatic rings. The Morgan fingerprint density at radius 2 is 2.19 bits per heavy atom. The summed E-state index contributed by atoms with van der Waals surface area (Å²) in [6, 6.07) is 5.67. The first-order valence-corrected chi connectivity index (χ1v) is 5.50. The summed E-state index contributed by atoms with van der Waals surface area (Å²) in [6.07, 6.45) is 0. The number of pyridine rings is 1. The molecule has 0 N–H and O–H groups in total. The smallest absolute Gasteiger partial charge is 0.188 e. The number of nitrogens with zero attached hydrogens (tertiary/aromatic N) is 2. The third kappa shape index (κ3) is 3.19. The minimum atomic E-state index is -0.644. The number of aromatic nitrogens is 1. The summed E-state index contributed by atoms with van der Waals surface area (Å²) in [6.45, 7) is 3.78. The van der Waals surface area contributed by atoms with Crippen molar-refractivity contribution in [3.05, 3.63) is 22.4 Å². The van der Waals surface area contributed by atoms with E-state index in [0.717, 1.165) is 0 Å². The molecule has 0 bridgehead atoms. The van der Waals surface area contributed by atoms with Gasteiger partial charge in [-0.25, -0.2) is 4.98 Å². The van der Waals surface area contributed by atoms with Crippen LogP contribution in [0.2, 0.25) is 0 Å². The van der Waals surface area contributed by atoms with E-state index in [1.54, 1.807) is 19.2 Å². The summed E-state index contributed by atoms with van der Waals surface area (Å²) in [4.78, 5) is 4.26. The van der Waals surface area contributed by atoms with Gasteiger partial charge in [-0.05, 0) is 29.8 Å². The Kier molecular flexibility index (Phi) is 4.27. The van der Waals surface area contributed by atoms with Crippen LogP contribution in [0.3, 0.4) is 0 Å². The van der Waals surface area contributed by atoms with Gasteiger partial charge in [-0.2, -0.15) is 5.26 Å². The average molecular weight is 285 g/mol. The van der Waals surface area contributed by atoms with Crippen LogP contribution < -0.4 is 4.74 Å². The van der Waals surface area contributed by atoms with Crippen molar-refractivity contribution in [2.75, 3.05) is 13.9 Å². The van der Waals surface area contributed by atoms with Crippen LogP contribution in [0.1, 0.15) is 19.5 Å². The molecule has 86 valence electrons. The SMILES string of the molecule is COCOc1cc(Br)nc(C(C)(C)C#N)c1. The maximum atomic E-state index is 9.03. The maximum Gasteiger partial charge on any atom is 0.188 e. The first-order valence-electron chi connectivity index (χ1n) is 4.70. The summed E-state index contributed by atoms with van der Waals surface area (Å²) >= 11 is 3.29. The molecule has 0 aliphatic heterocycles. The number of ether oxygens (including phenoxy) is 2.